The number of carbonyl (C=O) groups is 1. The molecule has 1 heterocycles. The minimum atomic E-state index is -0.372. The van der Waals surface area contributed by atoms with E-state index >= 15 is 0 Å². The first-order chi connectivity index (χ1) is 13.4. The first-order valence-electron chi connectivity index (χ1n) is 9.16. The molecule has 2 aromatic rings. The van der Waals surface area contributed by atoms with Gasteiger partial charge in [-0.1, -0.05) is 24.3 Å². The zero-order valence-electron chi connectivity index (χ0n) is 15.7. The molecule has 1 amide bonds. The summed E-state index contributed by atoms with van der Waals surface area (Å²) in [4.78, 5) is 27.0. The topological polar surface area (TPSA) is 78.7 Å². The van der Waals surface area contributed by atoms with E-state index in [-0.39, 0.29) is 35.4 Å². The molecular weight excluding hydrogens is 363 g/mol. The van der Waals surface area contributed by atoms with Gasteiger partial charge in [0.25, 0.3) is 5.69 Å². The molecule has 0 aromatic heterocycles. The molecule has 1 N–H and O–H groups in total. The molecule has 0 aliphatic carbocycles. The number of halogens is 1. The number of hydrogen-bond donors (Lipinski definition) is 1. The highest BCUT2D eigenvalue weighted by Gasteiger charge is 2.24. The first kappa shape index (κ1) is 19.8. The molecule has 0 atom stereocenters. The van der Waals surface area contributed by atoms with Gasteiger partial charge in [-0.3, -0.25) is 19.8 Å². The molecule has 0 bridgehead atoms. The van der Waals surface area contributed by atoms with E-state index in [1.807, 2.05) is 9.80 Å². The largest absolute Gasteiger partial charge is 0.363 e. The summed E-state index contributed by atoms with van der Waals surface area (Å²) in [6.07, 6.45) is 0. The highest BCUT2D eigenvalue weighted by atomic mass is 19.1. The summed E-state index contributed by atoms with van der Waals surface area (Å²) in [6.45, 7) is 4.73. The molecule has 8 heteroatoms. The number of hydrogen-bond acceptors (Lipinski definition) is 5. The Kier molecular flexibility index (Phi) is 6.20. The number of nitrogens with zero attached hydrogens (tertiary/aromatic N) is 3. The molecule has 0 radical (unpaired) electrons. The maximum atomic E-state index is 13.6. The van der Waals surface area contributed by atoms with Crippen molar-refractivity contribution in [1.82, 2.24) is 10.2 Å². The van der Waals surface area contributed by atoms with E-state index in [1.54, 1.807) is 37.3 Å². The Labute approximate surface area is 162 Å². The van der Waals surface area contributed by atoms with E-state index in [2.05, 4.69) is 5.32 Å². The van der Waals surface area contributed by atoms with Gasteiger partial charge in [0.05, 0.1) is 11.5 Å². The zero-order valence-corrected chi connectivity index (χ0v) is 15.7. The third-order valence-corrected chi connectivity index (χ3v) is 4.88. The lowest BCUT2D eigenvalue weighted by atomic mass is 10.1. The first-order valence-corrected chi connectivity index (χ1v) is 9.16. The fourth-order valence-corrected chi connectivity index (χ4v) is 3.24. The maximum Gasteiger partial charge on any atom is 0.292 e. The fraction of sp³-hybridized carbons (Fsp3) is 0.350. The van der Waals surface area contributed by atoms with Crippen LogP contribution in [0.5, 0.6) is 0 Å². The third kappa shape index (κ3) is 4.83. The summed E-state index contributed by atoms with van der Waals surface area (Å²) in [6, 6.07) is 11.6. The lowest BCUT2D eigenvalue weighted by molar-refractivity contribution is -0.384. The van der Waals surface area contributed by atoms with Crippen molar-refractivity contribution in [3.8, 4) is 0 Å². The van der Waals surface area contributed by atoms with E-state index in [1.165, 1.54) is 12.1 Å². The molecule has 0 saturated carbocycles. The Balaban J connectivity index is 1.48. The Morgan fingerprint density at radius 3 is 2.57 bits per heavy atom. The zero-order chi connectivity index (χ0) is 20.1. The molecule has 3 rings (SSSR count). The van der Waals surface area contributed by atoms with Crippen LogP contribution in [0.1, 0.15) is 11.1 Å². The SMILES string of the molecule is Cc1ccc(CNC(=O)CN2CCN(c3ccccc3[N+](=O)[O-])CC2)cc1F. The minimum Gasteiger partial charge on any atom is -0.363 e. The number of nitro groups is 1. The van der Waals surface area contributed by atoms with Crippen LogP contribution in [-0.4, -0.2) is 48.5 Å². The average Bonchev–Trinajstić information content (AvgIpc) is 2.69. The predicted octanol–water partition coefficient (Wildman–Crippen LogP) is 2.48. The lowest BCUT2D eigenvalue weighted by Crippen LogP contribution is -2.49. The second-order valence-electron chi connectivity index (χ2n) is 6.87. The van der Waals surface area contributed by atoms with Crippen LogP contribution < -0.4 is 10.2 Å². The van der Waals surface area contributed by atoms with Crippen LogP contribution in [0.15, 0.2) is 42.5 Å². The molecule has 1 fully saturated rings. The maximum absolute atomic E-state index is 13.6. The molecule has 148 valence electrons. The number of nitrogens with one attached hydrogen (secondary N) is 1. The Bertz CT molecular complexity index is 866. The number of aryl methyl sites for hydroxylation is 1. The average molecular weight is 386 g/mol. The summed E-state index contributed by atoms with van der Waals surface area (Å²) in [5.74, 6) is -0.405. The summed E-state index contributed by atoms with van der Waals surface area (Å²) in [5, 5.41) is 14.0. The highest BCUT2D eigenvalue weighted by molar-refractivity contribution is 5.78. The summed E-state index contributed by atoms with van der Waals surface area (Å²) < 4.78 is 13.6. The van der Waals surface area contributed by atoms with Crippen LogP contribution >= 0.6 is 0 Å². The van der Waals surface area contributed by atoms with Crippen LogP contribution in [0.25, 0.3) is 0 Å². The van der Waals surface area contributed by atoms with Crippen molar-refractivity contribution in [3.63, 3.8) is 0 Å². The van der Waals surface area contributed by atoms with Gasteiger partial charge in [-0.2, -0.15) is 0 Å². The van der Waals surface area contributed by atoms with E-state index in [0.29, 0.717) is 37.4 Å². The van der Waals surface area contributed by atoms with Gasteiger partial charge < -0.3 is 10.2 Å². The van der Waals surface area contributed by atoms with Crippen LogP contribution in [0, 0.1) is 22.9 Å². The van der Waals surface area contributed by atoms with Crippen molar-refractivity contribution in [3.05, 3.63) is 69.5 Å². The number of carbonyl (C=O) groups excluding carboxylic acids is 1. The van der Waals surface area contributed by atoms with Crippen molar-refractivity contribution < 1.29 is 14.1 Å². The number of nitro benzene ring substituents is 1. The molecular formula is C20H23FN4O3. The van der Waals surface area contributed by atoms with Gasteiger partial charge in [0.15, 0.2) is 0 Å². The summed E-state index contributed by atoms with van der Waals surface area (Å²) in [5.41, 5.74) is 2.00. The number of para-hydroxylation sites is 2. The smallest absolute Gasteiger partial charge is 0.292 e. The van der Waals surface area contributed by atoms with Crippen LogP contribution in [0.3, 0.4) is 0 Å². The van der Waals surface area contributed by atoms with Gasteiger partial charge in [0.1, 0.15) is 11.5 Å². The molecule has 0 spiro atoms. The van der Waals surface area contributed by atoms with Gasteiger partial charge in [0.2, 0.25) is 5.91 Å². The molecule has 2 aromatic carbocycles. The van der Waals surface area contributed by atoms with Crippen molar-refractivity contribution in [2.75, 3.05) is 37.6 Å². The number of anilines is 1. The normalized spacial score (nSPS) is 14.7. The number of piperazine rings is 1. The summed E-state index contributed by atoms with van der Waals surface area (Å²) >= 11 is 0. The second kappa shape index (κ2) is 8.79. The molecule has 1 aliphatic rings. The molecule has 0 unspecified atom stereocenters. The standard InChI is InChI=1S/C20H23FN4O3/c1-15-6-7-16(12-17(15)21)13-22-20(26)14-23-8-10-24(11-9-23)18-4-2-3-5-19(18)25(27)28/h2-7,12H,8-11,13-14H2,1H3,(H,22,26). The Morgan fingerprint density at radius 2 is 1.89 bits per heavy atom. The third-order valence-electron chi connectivity index (χ3n) is 4.88. The van der Waals surface area contributed by atoms with E-state index < -0.39 is 0 Å². The van der Waals surface area contributed by atoms with Gasteiger partial charge >= 0.3 is 0 Å². The quantitative estimate of drug-likeness (QED) is 0.610. The van der Waals surface area contributed by atoms with Gasteiger partial charge in [-0.25, -0.2) is 4.39 Å². The number of rotatable bonds is 6. The lowest BCUT2D eigenvalue weighted by Gasteiger charge is -2.35. The number of amides is 1. The van der Waals surface area contributed by atoms with Crippen LogP contribution in [0.4, 0.5) is 15.8 Å². The predicted molar refractivity (Wildman–Crippen MR) is 105 cm³/mol. The highest BCUT2D eigenvalue weighted by Crippen LogP contribution is 2.28. The van der Waals surface area contributed by atoms with Gasteiger partial charge in [0, 0.05) is 38.8 Å². The minimum absolute atomic E-state index is 0.0963. The Hall–Kier alpha value is -3.00. The molecule has 1 saturated heterocycles. The van der Waals surface area contributed by atoms with E-state index in [4.69, 9.17) is 0 Å². The van der Waals surface area contributed by atoms with Gasteiger partial charge in [-0.05, 0) is 30.2 Å². The monoisotopic (exact) mass is 386 g/mol. The number of benzene rings is 2. The van der Waals surface area contributed by atoms with Crippen molar-refractivity contribution in [2.24, 2.45) is 0 Å². The summed E-state index contributed by atoms with van der Waals surface area (Å²) in [7, 11) is 0. The Morgan fingerprint density at radius 1 is 1.18 bits per heavy atom. The fourth-order valence-electron chi connectivity index (χ4n) is 3.24. The second-order valence-corrected chi connectivity index (χ2v) is 6.87. The van der Waals surface area contributed by atoms with Crippen molar-refractivity contribution >= 4 is 17.3 Å². The molecule has 1 aliphatic heterocycles. The molecule has 28 heavy (non-hydrogen) atoms. The van der Waals surface area contributed by atoms with E-state index in [0.717, 1.165) is 5.56 Å². The van der Waals surface area contributed by atoms with E-state index in [9.17, 15) is 19.3 Å². The van der Waals surface area contributed by atoms with Crippen LogP contribution in [0.2, 0.25) is 0 Å². The molecule has 7 nitrogen and oxygen atoms in total. The van der Waals surface area contributed by atoms with Crippen molar-refractivity contribution in [1.29, 1.82) is 0 Å². The van der Waals surface area contributed by atoms with Crippen LogP contribution in [-0.2, 0) is 11.3 Å². The van der Waals surface area contributed by atoms with Gasteiger partial charge in [-0.15, -0.1) is 0 Å². The van der Waals surface area contributed by atoms with Crippen molar-refractivity contribution in [2.45, 2.75) is 13.5 Å².